The van der Waals surface area contributed by atoms with Gasteiger partial charge in [-0.25, -0.2) is 13.9 Å². The number of rotatable bonds is 2. The number of carbonyl (C=O) groups excluding carboxylic acids is 1. The van der Waals surface area contributed by atoms with E-state index in [0.29, 0.717) is 18.6 Å². The third-order valence-corrected chi connectivity index (χ3v) is 6.37. The second-order valence-electron chi connectivity index (χ2n) is 10.3. The summed E-state index contributed by atoms with van der Waals surface area (Å²) in [4.78, 5) is 14.1. The minimum absolute atomic E-state index is 0.190. The number of aryl methyl sites for hydroxylation is 2. The summed E-state index contributed by atoms with van der Waals surface area (Å²) < 4.78 is 24.1. The van der Waals surface area contributed by atoms with Gasteiger partial charge in [-0.2, -0.15) is 10.2 Å². The van der Waals surface area contributed by atoms with Gasteiger partial charge in [0.15, 0.2) is 5.82 Å². The largest absolute Gasteiger partial charge is 0.444 e. The van der Waals surface area contributed by atoms with Gasteiger partial charge in [0.25, 0.3) is 0 Å². The number of hydrogen-bond donors (Lipinski definition) is 0. The zero-order chi connectivity index (χ0) is 24.2. The Morgan fingerprint density at radius 3 is 2.44 bits per heavy atom. The van der Waals surface area contributed by atoms with E-state index >= 15 is 4.39 Å². The van der Waals surface area contributed by atoms with E-state index in [4.69, 9.17) is 4.74 Å². The van der Waals surface area contributed by atoms with Crippen molar-refractivity contribution in [3.05, 3.63) is 53.6 Å². The van der Waals surface area contributed by atoms with Gasteiger partial charge in [0.1, 0.15) is 11.1 Å². The average Bonchev–Trinajstić information content (AvgIpc) is 3.36. The van der Waals surface area contributed by atoms with E-state index in [1.165, 1.54) is 0 Å². The van der Waals surface area contributed by atoms with Crippen LogP contribution in [-0.2, 0) is 11.8 Å². The minimum atomic E-state index is -0.512. The smallest absolute Gasteiger partial charge is 0.410 e. The van der Waals surface area contributed by atoms with E-state index in [1.54, 1.807) is 20.3 Å². The maximum Gasteiger partial charge on any atom is 0.410 e. The number of aromatic nitrogens is 4. The lowest BCUT2D eigenvalue weighted by Gasteiger charge is -2.33. The van der Waals surface area contributed by atoms with E-state index in [1.807, 2.05) is 65.3 Å². The molecule has 7 nitrogen and oxygen atoms in total. The lowest BCUT2D eigenvalue weighted by atomic mass is 9.89. The van der Waals surface area contributed by atoms with Gasteiger partial charge in [-0.3, -0.25) is 4.68 Å². The molecule has 1 fully saturated rings. The Morgan fingerprint density at radius 2 is 1.74 bits per heavy atom. The van der Waals surface area contributed by atoms with Gasteiger partial charge >= 0.3 is 6.09 Å². The Bertz CT molecular complexity index is 1390. The fourth-order valence-corrected chi connectivity index (χ4v) is 4.75. The first-order valence-corrected chi connectivity index (χ1v) is 11.7. The molecule has 0 unspecified atom stereocenters. The molecule has 0 atom stereocenters. The van der Waals surface area contributed by atoms with Crippen molar-refractivity contribution in [3.63, 3.8) is 0 Å². The maximum absolute atomic E-state index is 15.1. The molecule has 0 saturated carbocycles. The Hall–Kier alpha value is -3.42. The van der Waals surface area contributed by atoms with Crippen LogP contribution < -0.4 is 0 Å². The molecule has 34 heavy (non-hydrogen) atoms. The minimum Gasteiger partial charge on any atom is -0.444 e. The summed E-state index contributed by atoms with van der Waals surface area (Å²) in [7, 11) is 1.90. The first kappa shape index (κ1) is 22.4. The third kappa shape index (κ3) is 4.24. The maximum atomic E-state index is 15.1. The monoisotopic (exact) mass is 463 g/mol. The van der Waals surface area contributed by atoms with Crippen LogP contribution in [0.1, 0.15) is 50.7 Å². The van der Waals surface area contributed by atoms with Crippen molar-refractivity contribution in [2.45, 2.75) is 52.1 Å². The van der Waals surface area contributed by atoms with Gasteiger partial charge in [0.05, 0.1) is 11.2 Å². The van der Waals surface area contributed by atoms with Gasteiger partial charge in [0.2, 0.25) is 0 Å². The molecule has 178 valence electrons. The van der Waals surface area contributed by atoms with Gasteiger partial charge in [-0.15, -0.1) is 0 Å². The molecule has 2 aromatic heterocycles. The van der Waals surface area contributed by atoms with Gasteiger partial charge < -0.3 is 9.64 Å². The number of benzene rings is 2. The van der Waals surface area contributed by atoms with Crippen molar-refractivity contribution >= 4 is 27.9 Å². The summed E-state index contributed by atoms with van der Waals surface area (Å²) in [6.45, 7) is 8.82. The molecule has 5 rings (SSSR count). The van der Waals surface area contributed by atoms with Crippen LogP contribution in [0.3, 0.4) is 0 Å². The fraction of sp³-hybridized carbons (Fsp3) is 0.423. The van der Waals surface area contributed by atoms with Crippen LogP contribution in [0.4, 0.5) is 9.18 Å². The standard InChI is InChI=1S/C26H30FN5O2/c1-16-10-21(12-20-14-30(5)28-23(16)20)32-15-19-11-18(13-22(27)24(19)29-32)17-6-8-31(9-7-17)25(33)34-26(2,3)4/h10-15,17H,6-9H2,1-5H3. The number of ether oxygens (including phenoxy) is 1. The van der Waals surface area contributed by atoms with E-state index in [-0.39, 0.29) is 17.8 Å². The van der Waals surface area contributed by atoms with Crippen LogP contribution >= 0.6 is 0 Å². The highest BCUT2D eigenvalue weighted by Gasteiger charge is 2.28. The first-order chi connectivity index (χ1) is 16.1. The second kappa shape index (κ2) is 8.11. The average molecular weight is 464 g/mol. The highest BCUT2D eigenvalue weighted by molar-refractivity contribution is 5.85. The molecule has 3 heterocycles. The summed E-state index contributed by atoms with van der Waals surface area (Å²) in [6, 6.07) is 7.67. The fourth-order valence-electron chi connectivity index (χ4n) is 4.75. The van der Waals surface area contributed by atoms with E-state index in [2.05, 4.69) is 10.2 Å². The predicted molar refractivity (Wildman–Crippen MR) is 130 cm³/mol. The summed E-state index contributed by atoms with van der Waals surface area (Å²) >= 11 is 0. The summed E-state index contributed by atoms with van der Waals surface area (Å²) in [6.07, 6.45) is 5.12. The number of piperidine rings is 1. The topological polar surface area (TPSA) is 65.2 Å². The van der Waals surface area contributed by atoms with Crippen molar-refractivity contribution in [2.24, 2.45) is 7.05 Å². The highest BCUT2D eigenvalue weighted by Crippen LogP contribution is 2.32. The molecular formula is C26H30FN5O2. The molecule has 1 aliphatic rings. The summed E-state index contributed by atoms with van der Waals surface area (Å²) in [5.41, 5.74) is 3.68. The first-order valence-electron chi connectivity index (χ1n) is 11.7. The number of carbonyl (C=O) groups is 1. The summed E-state index contributed by atoms with van der Waals surface area (Å²) in [5.74, 6) is -0.130. The second-order valence-corrected chi connectivity index (χ2v) is 10.3. The van der Waals surface area contributed by atoms with Crippen LogP contribution in [0.2, 0.25) is 0 Å². The molecule has 0 aliphatic carbocycles. The van der Waals surface area contributed by atoms with Crippen LogP contribution in [0.15, 0.2) is 36.7 Å². The third-order valence-electron chi connectivity index (χ3n) is 6.37. The van der Waals surface area contributed by atoms with Crippen LogP contribution in [-0.4, -0.2) is 49.2 Å². The van der Waals surface area contributed by atoms with E-state index in [0.717, 1.165) is 45.9 Å². The number of amides is 1. The predicted octanol–water partition coefficient (Wildman–Crippen LogP) is 5.47. The number of likely N-dealkylation sites (tertiary alicyclic amines) is 1. The number of fused-ring (bicyclic) bond motifs is 2. The normalized spacial score (nSPS) is 15.4. The molecule has 1 saturated heterocycles. The number of hydrogen-bond acceptors (Lipinski definition) is 4. The van der Waals surface area contributed by atoms with Crippen LogP contribution in [0.5, 0.6) is 0 Å². The molecule has 4 aromatic rings. The SMILES string of the molecule is Cc1cc(-n2cc3cc(C4CCN(C(=O)OC(C)(C)C)CC4)cc(F)c3n2)cc2cn(C)nc12. The zero-order valence-corrected chi connectivity index (χ0v) is 20.3. The van der Waals surface area contributed by atoms with Crippen molar-refractivity contribution in [3.8, 4) is 5.69 Å². The van der Waals surface area contributed by atoms with E-state index < -0.39 is 5.60 Å². The molecule has 0 bridgehead atoms. The molecule has 2 aromatic carbocycles. The van der Waals surface area contributed by atoms with Gasteiger partial charge in [0, 0.05) is 43.3 Å². The van der Waals surface area contributed by atoms with Gasteiger partial charge in [-0.1, -0.05) is 0 Å². The van der Waals surface area contributed by atoms with Gasteiger partial charge in [-0.05, 0) is 81.8 Å². The molecule has 8 heteroatoms. The Kier molecular flexibility index (Phi) is 5.34. The Morgan fingerprint density at radius 1 is 1.03 bits per heavy atom. The van der Waals surface area contributed by atoms with E-state index in [9.17, 15) is 4.79 Å². The quantitative estimate of drug-likeness (QED) is 0.395. The van der Waals surface area contributed by atoms with Crippen molar-refractivity contribution in [2.75, 3.05) is 13.1 Å². The molecule has 0 N–H and O–H groups in total. The Labute approximate surface area is 198 Å². The number of halogens is 1. The number of nitrogens with zero attached hydrogens (tertiary/aromatic N) is 5. The highest BCUT2D eigenvalue weighted by atomic mass is 19.1. The summed E-state index contributed by atoms with van der Waals surface area (Å²) in [5, 5.41) is 10.8. The van der Waals surface area contributed by atoms with Crippen LogP contribution in [0, 0.1) is 12.7 Å². The van der Waals surface area contributed by atoms with Crippen molar-refractivity contribution < 1.29 is 13.9 Å². The molecule has 1 aliphatic heterocycles. The lowest BCUT2D eigenvalue weighted by molar-refractivity contribution is 0.0205. The zero-order valence-electron chi connectivity index (χ0n) is 20.3. The molecule has 1 amide bonds. The van der Waals surface area contributed by atoms with Crippen LogP contribution in [0.25, 0.3) is 27.5 Å². The molecule has 0 spiro atoms. The Balaban J connectivity index is 1.39. The van der Waals surface area contributed by atoms with Crippen molar-refractivity contribution in [1.29, 1.82) is 0 Å². The molecular weight excluding hydrogens is 433 g/mol. The van der Waals surface area contributed by atoms with Crippen molar-refractivity contribution in [1.82, 2.24) is 24.5 Å². The lowest BCUT2D eigenvalue weighted by Crippen LogP contribution is -2.41. The molecule has 0 radical (unpaired) electrons.